The number of allylic oxidation sites excluding steroid dienone is 1. The predicted molar refractivity (Wildman–Crippen MR) is 66.3 cm³/mol. The smallest absolute Gasteiger partial charge is 0.341 e. The van der Waals surface area contributed by atoms with Gasteiger partial charge in [0.2, 0.25) is 0 Å². The fourth-order valence-electron chi connectivity index (χ4n) is 2.04. The number of ether oxygens (including phenoxy) is 2. The van der Waals surface area contributed by atoms with Crippen LogP contribution in [0.3, 0.4) is 0 Å². The second-order valence-electron chi connectivity index (χ2n) is 4.55. The van der Waals surface area contributed by atoms with Crippen molar-refractivity contribution >= 4 is 5.97 Å². The van der Waals surface area contributed by atoms with E-state index in [-0.39, 0.29) is 11.5 Å². The molecule has 2 rings (SSSR count). The summed E-state index contributed by atoms with van der Waals surface area (Å²) in [6, 6.07) is 1.84. The summed E-state index contributed by atoms with van der Waals surface area (Å²) < 4.78 is 37.9. The first-order valence-corrected chi connectivity index (χ1v) is 6.09. The number of benzene rings is 1. The lowest BCUT2D eigenvalue weighted by Gasteiger charge is -2.29. The molecular weight excluding hydrogens is 270 g/mol. The van der Waals surface area contributed by atoms with Gasteiger partial charge in [0.1, 0.15) is 17.2 Å². The van der Waals surface area contributed by atoms with Gasteiger partial charge in [0, 0.05) is 11.5 Å². The van der Waals surface area contributed by atoms with Crippen LogP contribution in [0.15, 0.2) is 24.8 Å². The quantitative estimate of drug-likeness (QED) is 0.864. The Morgan fingerprint density at radius 3 is 2.35 bits per heavy atom. The maximum Gasteiger partial charge on any atom is 0.341 e. The summed E-state index contributed by atoms with van der Waals surface area (Å²) in [5, 5.41) is 8.69. The summed E-state index contributed by atoms with van der Waals surface area (Å²) in [6.07, 6.45) is 1.59. The van der Waals surface area contributed by atoms with Crippen LogP contribution in [0.1, 0.15) is 28.6 Å². The number of hydrogen-bond acceptors (Lipinski definition) is 3. The van der Waals surface area contributed by atoms with Crippen LogP contribution < -0.4 is 0 Å². The summed E-state index contributed by atoms with van der Waals surface area (Å²) >= 11 is 0. The summed E-state index contributed by atoms with van der Waals surface area (Å²) in [5.74, 6) is -3.78. The Kier molecular flexibility index (Phi) is 4.46. The monoisotopic (exact) mass is 284 g/mol. The zero-order chi connectivity index (χ0) is 14.7. The molecule has 6 heteroatoms. The summed E-state index contributed by atoms with van der Waals surface area (Å²) in [5.41, 5.74) is -0.851. The molecule has 1 fully saturated rings. The average molecular weight is 284 g/mol. The highest BCUT2D eigenvalue weighted by atomic mass is 19.1. The molecule has 108 valence electrons. The number of carboxylic acids is 1. The summed E-state index contributed by atoms with van der Waals surface area (Å²) in [6.45, 7) is 4.39. The Morgan fingerprint density at radius 2 is 1.90 bits per heavy atom. The zero-order valence-corrected chi connectivity index (χ0v) is 10.6. The van der Waals surface area contributed by atoms with Gasteiger partial charge in [-0.25, -0.2) is 13.6 Å². The van der Waals surface area contributed by atoms with E-state index in [9.17, 15) is 13.6 Å². The van der Waals surface area contributed by atoms with Crippen molar-refractivity contribution in [3.05, 3.63) is 47.5 Å². The minimum absolute atomic E-state index is 0.127. The maximum atomic E-state index is 13.6. The average Bonchev–Trinajstić information content (AvgIpc) is 2.38. The van der Waals surface area contributed by atoms with Crippen molar-refractivity contribution in [2.75, 3.05) is 13.2 Å². The third-order valence-electron chi connectivity index (χ3n) is 3.02. The van der Waals surface area contributed by atoms with Crippen LogP contribution >= 0.6 is 0 Å². The minimum Gasteiger partial charge on any atom is -0.477 e. The van der Waals surface area contributed by atoms with Crippen molar-refractivity contribution in [2.45, 2.75) is 12.7 Å². The fraction of sp³-hybridized carbons (Fsp3) is 0.357. The van der Waals surface area contributed by atoms with Gasteiger partial charge >= 0.3 is 5.97 Å². The molecule has 0 unspecified atom stereocenters. The standard InChI is InChI=1S/C14H14F2O4/c1-2-3-8-6-19-14(20-7-8)9-4-10(15)12(13(17)18)11(16)5-9/h2,4-5,8,14H,1,3,6-7H2,(H,17,18). The Balaban J connectivity index is 2.15. The number of rotatable bonds is 4. The van der Waals surface area contributed by atoms with Gasteiger partial charge in [-0.15, -0.1) is 6.58 Å². The van der Waals surface area contributed by atoms with Crippen molar-refractivity contribution in [1.29, 1.82) is 0 Å². The number of hydrogen-bond donors (Lipinski definition) is 1. The first kappa shape index (κ1) is 14.6. The second-order valence-corrected chi connectivity index (χ2v) is 4.55. The molecule has 1 saturated heterocycles. The normalized spacial score (nSPS) is 22.5. The van der Waals surface area contributed by atoms with Gasteiger partial charge < -0.3 is 14.6 Å². The minimum atomic E-state index is -1.65. The fourth-order valence-corrected chi connectivity index (χ4v) is 2.04. The van der Waals surface area contributed by atoms with Gasteiger partial charge in [-0.3, -0.25) is 0 Å². The largest absolute Gasteiger partial charge is 0.477 e. The molecular formula is C14H14F2O4. The topological polar surface area (TPSA) is 55.8 Å². The third-order valence-corrected chi connectivity index (χ3v) is 3.02. The molecule has 0 atom stereocenters. The SMILES string of the molecule is C=CCC1COC(c2cc(F)c(C(=O)O)c(F)c2)OC1. The molecule has 0 bridgehead atoms. The Morgan fingerprint density at radius 1 is 1.35 bits per heavy atom. The number of halogens is 2. The van der Waals surface area contributed by atoms with Crippen LogP contribution in [0, 0.1) is 17.6 Å². The van der Waals surface area contributed by atoms with Gasteiger partial charge in [0.15, 0.2) is 6.29 Å². The molecule has 1 aromatic carbocycles. The summed E-state index contributed by atoms with van der Waals surface area (Å²) in [4.78, 5) is 10.7. The molecule has 1 heterocycles. The van der Waals surface area contributed by atoms with E-state index < -0.39 is 29.5 Å². The maximum absolute atomic E-state index is 13.6. The second kappa shape index (κ2) is 6.11. The molecule has 1 aromatic rings. The lowest BCUT2D eigenvalue weighted by atomic mass is 10.1. The van der Waals surface area contributed by atoms with Crippen LogP contribution in [-0.4, -0.2) is 24.3 Å². The lowest BCUT2D eigenvalue weighted by molar-refractivity contribution is -0.204. The molecule has 0 aliphatic carbocycles. The number of carboxylic acid groups (broad SMARTS) is 1. The molecule has 1 N–H and O–H groups in total. The van der Waals surface area contributed by atoms with Gasteiger partial charge in [0.25, 0.3) is 0 Å². The molecule has 0 amide bonds. The van der Waals surface area contributed by atoms with Crippen molar-refractivity contribution in [2.24, 2.45) is 5.92 Å². The van der Waals surface area contributed by atoms with Crippen LogP contribution in [-0.2, 0) is 9.47 Å². The van der Waals surface area contributed by atoms with Gasteiger partial charge in [-0.1, -0.05) is 6.08 Å². The van der Waals surface area contributed by atoms with Crippen LogP contribution in [0.25, 0.3) is 0 Å². The van der Waals surface area contributed by atoms with Crippen molar-refractivity contribution in [3.8, 4) is 0 Å². The van der Waals surface area contributed by atoms with E-state index in [1.54, 1.807) is 6.08 Å². The highest BCUT2D eigenvalue weighted by Crippen LogP contribution is 2.28. The van der Waals surface area contributed by atoms with E-state index in [1.165, 1.54) is 0 Å². The highest BCUT2D eigenvalue weighted by Gasteiger charge is 2.26. The van der Waals surface area contributed by atoms with E-state index in [4.69, 9.17) is 14.6 Å². The van der Waals surface area contributed by atoms with Crippen molar-refractivity contribution in [3.63, 3.8) is 0 Å². The van der Waals surface area contributed by atoms with Gasteiger partial charge in [-0.2, -0.15) is 0 Å². The van der Waals surface area contributed by atoms with Crippen LogP contribution in [0.2, 0.25) is 0 Å². The molecule has 4 nitrogen and oxygen atoms in total. The molecule has 0 aromatic heterocycles. The Bertz CT molecular complexity index is 499. The third kappa shape index (κ3) is 3.02. The first-order valence-electron chi connectivity index (χ1n) is 6.09. The molecule has 0 radical (unpaired) electrons. The molecule has 1 aliphatic heterocycles. The summed E-state index contributed by atoms with van der Waals surface area (Å²) in [7, 11) is 0. The first-order chi connectivity index (χ1) is 9.52. The molecule has 0 saturated carbocycles. The van der Waals surface area contributed by atoms with E-state index >= 15 is 0 Å². The lowest BCUT2D eigenvalue weighted by Crippen LogP contribution is -2.27. The van der Waals surface area contributed by atoms with E-state index in [2.05, 4.69) is 6.58 Å². The highest BCUT2D eigenvalue weighted by molar-refractivity contribution is 5.88. The van der Waals surface area contributed by atoms with Crippen LogP contribution in [0.4, 0.5) is 8.78 Å². The Hall–Kier alpha value is -1.79. The van der Waals surface area contributed by atoms with E-state index in [1.807, 2.05) is 0 Å². The number of carbonyl (C=O) groups is 1. The van der Waals surface area contributed by atoms with Crippen LogP contribution in [0.5, 0.6) is 0 Å². The Labute approximate surface area is 114 Å². The van der Waals surface area contributed by atoms with Gasteiger partial charge in [0.05, 0.1) is 13.2 Å². The van der Waals surface area contributed by atoms with E-state index in [0.717, 1.165) is 18.6 Å². The van der Waals surface area contributed by atoms with Gasteiger partial charge in [-0.05, 0) is 18.6 Å². The van der Waals surface area contributed by atoms with Crippen molar-refractivity contribution in [1.82, 2.24) is 0 Å². The molecule has 0 spiro atoms. The zero-order valence-electron chi connectivity index (χ0n) is 10.6. The number of aromatic carboxylic acids is 1. The van der Waals surface area contributed by atoms with Crippen molar-refractivity contribution < 1.29 is 28.2 Å². The molecule has 20 heavy (non-hydrogen) atoms. The predicted octanol–water partition coefficient (Wildman–Crippen LogP) is 2.90. The van der Waals surface area contributed by atoms with E-state index in [0.29, 0.717) is 13.2 Å². The molecule has 1 aliphatic rings.